The Bertz CT molecular complexity index is 490. The van der Waals surface area contributed by atoms with Crippen LogP contribution in [-0.2, 0) is 0 Å². The van der Waals surface area contributed by atoms with Gasteiger partial charge in [-0.25, -0.2) is 0 Å². The van der Waals surface area contributed by atoms with Crippen molar-refractivity contribution in [3.05, 3.63) is 21.9 Å². The van der Waals surface area contributed by atoms with Gasteiger partial charge in [0.05, 0.1) is 4.88 Å². The van der Waals surface area contributed by atoms with E-state index in [9.17, 15) is 4.79 Å². The Morgan fingerprint density at radius 2 is 2.41 bits per heavy atom. The highest BCUT2D eigenvalue weighted by Crippen LogP contribution is 2.28. The second-order valence-electron chi connectivity index (χ2n) is 4.66. The zero-order chi connectivity index (χ0) is 11.8. The molecule has 1 unspecified atom stereocenters. The number of thiophene rings is 1. The van der Waals surface area contributed by atoms with Gasteiger partial charge in [-0.05, 0) is 31.0 Å². The lowest BCUT2D eigenvalue weighted by Crippen LogP contribution is -2.42. The first-order valence-electron chi connectivity index (χ1n) is 5.79. The van der Waals surface area contributed by atoms with Gasteiger partial charge in [0.2, 0.25) is 0 Å². The molecule has 2 saturated heterocycles. The van der Waals surface area contributed by atoms with Crippen molar-refractivity contribution in [1.29, 1.82) is 5.26 Å². The number of rotatable bonds is 2. The number of piperidine rings is 1. The molecule has 1 aromatic heterocycles. The summed E-state index contributed by atoms with van der Waals surface area (Å²) in [6.45, 7) is 3.28. The van der Waals surface area contributed by atoms with Gasteiger partial charge in [-0.2, -0.15) is 5.26 Å². The lowest BCUT2D eigenvalue weighted by molar-refractivity contribution is 0.0928. The molecule has 88 valence electrons. The zero-order valence-corrected chi connectivity index (χ0v) is 10.2. The van der Waals surface area contributed by atoms with Gasteiger partial charge in [0.1, 0.15) is 10.9 Å². The lowest BCUT2D eigenvalue weighted by Gasteiger charge is -2.22. The number of nitrogens with zero attached hydrogens (tertiary/aromatic N) is 2. The second-order valence-corrected chi connectivity index (χ2v) is 5.75. The molecule has 3 heterocycles. The Kier molecular flexibility index (Phi) is 2.61. The molecule has 2 aliphatic heterocycles. The molecule has 1 amide bonds. The van der Waals surface area contributed by atoms with Gasteiger partial charge in [-0.1, -0.05) is 0 Å². The summed E-state index contributed by atoms with van der Waals surface area (Å²) < 4.78 is 0. The van der Waals surface area contributed by atoms with E-state index >= 15 is 0 Å². The summed E-state index contributed by atoms with van der Waals surface area (Å²) in [6, 6.07) is 5.77. The van der Waals surface area contributed by atoms with Crippen molar-refractivity contribution in [2.45, 2.75) is 12.5 Å². The number of nitrogens with one attached hydrogen (secondary N) is 1. The van der Waals surface area contributed by atoms with E-state index in [-0.39, 0.29) is 5.91 Å². The summed E-state index contributed by atoms with van der Waals surface area (Å²) in [7, 11) is 0. The van der Waals surface area contributed by atoms with Crippen LogP contribution in [0.4, 0.5) is 0 Å². The van der Waals surface area contributed by atoms with Crippen molar-refractivity contribution in [2.75, 3.05) is 19.6 Å². The van der Waals surface area contributed by atoms with Crippen LogP contribution in [0.2, 0.25) is 0 Å². The fourth-order valence-corrected chi connectivity index (χ4v) is 3.41. The fraction of sp³-hybridized carbons (Fsp3) is 0.500. The average Bonchev–Trinajstić information content (AvgIpc) is 3.04. The van der Waals surface area contributed by atoms with Crippen molar-refractivity contribution in [3.8, 4) is 6.07 Å². The van der Waals surface area contributed by atoms with E-state index in [1.165, 1.54) is 24.3 Å². The number of fused-ring (bicyclic) bond motifs is 2. The van der Waals surface area contributed by atoms with Gasteiger partial charge in [0, 0.05) is 19.1 Å². The molecule has 0 aromatic carbocycles. The maximum Gasteiger partial charge on any atom is 0.261 e. The van der Waals surface area contributed by atoms with Crippen molar-refractivity contribution in [2.24, 2.45) is 5.92 Å². The topological polar surface area (TPSA) is 56.1 Å². The van der Waals surface area contributed by atoms with Crippen LogP contribution < -0.4 is 5.32 Å². The van der Waals surface area contributed by atoms with E-state index in [4.69, 9.17) is 5.26 Å². The lowest BCUT2D eigenvalue weighted by atomic mass is 10.00. The number of carbonyl (C=O) groups excluding carboxylic acids is 1. The maximum atomic E-state index is 12.0. The molecule has 2 aliphatic rings. The third-order valence-electron chi connectivity index (χ3n) is 3.59. The highest BCUT2D eigenvalue weighted by Gasteiger charge is 2.38. The standard InChI is InChI=1S/C12H13N3OS/c13-5-9-1-2-11(17-9)12(16)14-10-7-15-4-3-8(10)6-15/h1-2,8,10H,3-4,6-7H2,(H,14,16)/t8-,10-/m0/s1. The third kappa shape index (κ3) is 1.94. The molecule has 5 heteroatoms. The largest absolute Gasteiger partial charge is 0.347 e. The Labute approximate surface area is 104 Å². The summed E-state index contributed by atoms with van der Waals surface area (Å²) in [5.74, 6) is 0.588. The molecule has 0 saturated carbocycles. The summed E-state index contributed by atoms with van der Waals surface area (Å²) >= 11 is 1.26. The molecular weight excluding hydrogens is 234 g/mol. The minimum Gasteiger partial charge on any atom is -0.347 e. The third-order valence-corrected chi connectivity index (χ3v) is 4.58. The zero-order valence-electron chi connectivity index (χ0n) is 9.35. The molecule has 0 spiro atoms. The van der Waals surface area contributed by atoms with Gasteiger partial charge < -0.3 is 10.2 Å². The van der Waals surface area contributed by atoms with Gasteiger partial charge in [-0.3, -0.25) is 4.79 Å². The molecule has 2 bridgehead atoms. The van der Waals surface area contributed by atoms with Crippen molar-refractivity contribution < 1.29 is 4.79 Å². The van der Waals surface area contributed by atoms with E-state index in [1.54, 1.807) is 12.1 Å². The first kappa shape index (κ1) is 10.8. The Morgan fingerprint density at radius 3 is 3.00 bits per heavy atom. The molecule has 3 atom stereocenters. The Hall–Kier alpha value is -1.38. The number of hydrogen-bond donors (Lipinski definition) is 1. The van der Waals surface area contributed by atoms with E-state index in [2.05, 4.69) is 16.3 Å². The number of amides is 1. The van der Waals surface area contributed by atoms with Crippen LogP contribution in [-0.4, -0.2) is 36.5 Å². The summed E-state index contributed by atoms with van der Waals surface area (Å²) in [4.78, 5) is 15.6. The van der Waals surface area contributed by atoms with E-state index < -0.39 is 0 Å². The number of hydrogen-bond acceptors (Lipinski definition) is 4. The summed E-state index contributed by atoms with van der Waals surface area (Å²) in [6.07, 6.45) is 1.19. The molecule has 2 fully saturated rings. The van der Waals surface area contributed by atoms with Crippen LogP contribution in [0.25, 0.3) is 0 Å². The van der Waals surface area contributed by atoms with E-state index in [0.717, 1.165) is 13.1 Å². The number of carbonyl (C=O) groups is 1. The molecule has 17 heavy (non-hydrogen) atoms. The second kappa shape index (κ2) is 4.13. The van der Waals surface area contributed by atoms with Crippen LogP contribution in [0.15, 0.2) is 12.1 Å². The molecule has 0 aliphatic carbocycles. The van der Waals surface area contributed by atoms with E-state index in [0.29, 0.717) is 21.7 Å². The van der Waals surface area contributed by atoms with Gasteiger partial charge in [0.15, 0.2) is 0 Å². The molecule has 1 N–H and O–H groups in total. The first-order chi connectivity index (χ1) is 8.26. The average molecular weight is 247 g/mol. The minimum absolute atomic E-state index is 0.0322. The molecule has 1 aromatic rings. The van der Waals surface area contributed by atoms with Crippen molar-refractivity contribution >= 4 is 17.2 Å². The maximum absolute atomic E-state index is 12.0. The molecular formula is C12H13N3OS. The van der Waals surface area contributed by atoms with Gasteiger partial charge in [-0.15, -0.1) is 11.3 Å². The van der Waals surface area contributed by atoms with Crippen molar-refractivity contribution in [1.82, 2.24) is 10.2 Å². The predicted molar refractivity (Wildman–Crippen MR) is 64.8 cm³/mol. The first-order valence-corrected chi connectivity index (χ1v) is 6.61. The van der Waals surface area contributed by atoms with E-state index in [1.807, 2.05) is 0 Å². The van der Waals surface area contributed by atoms with Gasteiger partial charge in [0.25, 0.3) is 5.91 Å². The molecule has 4 nitrogen and oxygen atoms in total. The predicted octanol–water partition coefficient (Wildman–Crippen LogP) is 1.05. The Balaban J connectivity index is 1.66. The van der Waals surface area contributed by atoms with Crippen LogP contribution in [0, 0.1) is 17.2 Å². The summed E-state index contributed by atoms with van der Waals surface area (Å²) in [5, 5.41) is 11.8. The van der Waals surface area contributed by atoms with Crippen LogP contribution in [0.5, 0.6) is 0 Å². The highest BCUT2D eigenvalue weighted by molar-refractivity contribution is 7.14. The van der Waals surface area contributed by atoms with Crippen molar-refractivity contribution in [3.63, 3.8) is 0 Å². The van der Waals surface area contributed by atoms with Crippen LogP contribution >= 0.6 is 11.3 Å². The highest BCUT2D eigenvalue weighted by atomic mass is 32.1. The quantitative estimate of drug-likeness (QED) is 0.850. The van der Waals surface area contributed by atoms with Gasteiger partial charge >= 0.3 is 0 Å². The minimum atomic E-state index is -0.0322. The smallest absolute Gasteiger partial charge is 0.261 e. The monoisotopic (exact) mass is 247 g/mol. The fourth-order valence-electron chi connectivity index (χ4n) is 2.71. The summed E-state index contributed by atoms with van der Waals surface area (Å²) in [5.41, 5.74) is 0. The SMILES string of the molecule is N#Cc1ccc(C(=O)N[C@H]2CN3CC[C@H]2C3)s1. The number of nitriles is 1. The molecule has 3 rings (SSSR count). The Morgan fingerprint density at radius 1 is 1.53 bits per heavy atom. The normalized spacial score (nSPS) is 30.2. The molecule has 0 radical (unpaired) electrons. The van der Waals surface area contributed by atoms with Crippen LogP contribution in [0.3, 0.4) is 0 Å². The van der Waals surface area contributed by atoms with Crippen LogP contribution in [0.1, 0.15) is 21.0 Å².